The van der Waals surface area contributed by atoms with Crippen LogP contribution in [0.5, 0.6) is 0 Å². The van der Waals surface area contributed by atoms with Gasteiger partial charge in [-0.25, -0.2) is 0 Å². The highest BCUT2D eigenvalue weighted by molar-refractivity contribution is 6.31. The molecule has 0 saturated heterocycles. The molecule has 0 radical (unpaired) electrons. The summed E-state index contributed by atoms with van der Waals surface area (Å²) in [6, 6.07) is 14.6. The van der Waals surface area contributed by atoms with Gasteiger partial charge in [-0.05, 0) is 66.0 Å². The molecule has 1 fully saturated rings. The van der Waals surface area contributed by atoms with Crippen molar-refractivity contribution < 1.29 is 0 Å². The Balaban J connectivity index is 1.92. The second-order valence-corrected chi connectivity index (χ2v) is 8.61. The molecule has 2 aliphatic rings. The second kappa shape index (κ2) is 6.45. The smallest absolute Gasteiger partial charge is 0.0682 e. The summed E-state index contributed by atoms with van der Waals surface area (Å²) in [5, 5.41) is 1.56. The molecule has 3 unspecified atom stereocenters. The number of fused-ring (bicyclic) bond motifs is 2. The molecule has 3 atom stereocenters. The average molecular weight is 372 g/mol. The first kappa shape index (κ1) is 17.1. The van der Waals surface area contributed by atoms with Crippen molar-refractivity contribution in [1.82, 2.24) is 0 Å². The SMILES string of the molecule is CC(C)C1CCCC(c2cccc(Cl)c2)C12C=Nc1cc(Cl)ccc12. The van der Waals surface area contributed by atoms with Crippen LogP contribution in [0.4, 0.5) is 5.69 Å². The minimum Gasteiger partial charge on any atom is -0.260 e. The van der Waals surface area contributed by atoms with Gasteiger partial charge in [-0.1, -0.05) is 61.7 Å². The predicted molar refractivity (Wildman–Crippen MR) is 108 cm³/mol. The van der Waals surface area contributed by atoms with Gasteiger partial charge < -0.3 is 0 Å². The Morgan fingerprint density at radius 1 is 1.04 bits per heavy atom. The van der Waals surface area contributed by atoms with Crippen molar-refractivity contribution in [2.75, 3.05) is 0 Å². The van der Waals surface area contributed by atoms with Crippen LogP contribution in [0.3, 0.4) is 0 Å². The molecule has 1 nitrogen and oxygen atoms in total. The number of halogens is 2. The Hall–Kier alpha value is -1.31. The molecular weight excluding hydrogens is 349 g/mol. The van der Waals surface area contributed by atoms with E-state index in [-0.39, 0.29) is 5.41 Å². The normalized spacial score (nSPS) is 27.9. The summed E-state index contributed by atoms with van der Waals surface area (Å²) >= 11 is 12.6. The molecule has 130 valence electrons. The zero-order chi connectivity index (χ0) is 17.6. The fraction of sp³-hybridized carbons (Fsp3) is 0.409. The summed E-state index contributed by atoms with van der Waals surface area (Å²) in [7, 11) is 0. The van der Waals surface area contributed by atoms with E-state index in [9.17, 15) is 0 Å². The van der Waals surface area contributed by atoms with Gasteiger partial charge in [0.15, 0.2) is 0 Å². The van der Waals surface area contributed by atoms with Crippen molar-refractivity contribution in [2.45, 2.75) is 44.4 Å². The summed E-state index contributed by atoms with van der Waals surface area (Å²) in [4.78, 5) is 4.83. The maximum absolute atomic E-state index is 6.33. The highest BCUT2D eigenvalue weighted by Gasteiger charge is 2.52. The molecule has 4 rings (SSSR count). The Morgan fingerprint density at radius 3 is 2.60 bits per heavy atom. The van der Waals surface area contributed by atoms with Gasteiger partial charge >= 0.3 is 0 Å². The minimum absolute atomic E-state index is 0.0585. The molecule has 1 aliphatic heterocycles. The van der Waals surface area contributed by atoms with Crippen molar-refractivity contribution in [1.29, 1.82) is 0 Å². The first-order valence-electron chi connectivity index (χ1n) is 9.13. The molecule has 1 spiro atoms. The molecule has 1 saturated carbocycles. The third-order valence-electron chi connectivity index (χ3n) is 6.10. The molecule has 2 aromatic rings. The van der Waals surface area contributed by atoms with E-state index in [1.807, 2.05) is 18.2 Å². The quantitative estimate of drug-likeness (QED) is 0.529. The molecule has 25 heavy (non-hydrogen) atoms. The fourth-order valence-corrected chi connectivity index (χ4v) is 5.49. The summed E-state index contributed by atoms with van der Waals surface area (Å²) in [5.74, 6) is 1.56. The number of hydrogen-bond acceptors (Lipinski definition) is 1. The van der Waals surface area contributed by atoms with E-state index in [1.165, 1.54) is 24.0 Å². The van der Waals surface area contributed by atoms with Crippen LogP contribution < -0.4 is 0 Å². The van der Waals surface area contributed by atoms with Crippen molar-refractivity contribution in [3.63, 3.8) is 0 Å². The lowest BCUT2D eigenvalue weighted by Gasteiger charge is -2.48. The van der Waals surface area contributed by atoms with E-state index in [4.69, 9.17) is 28.2 Å². The Morgan fingerprint density at radius 2 is 1.84 bits per heavy atom. The van der Waals surface area contributed by atoms with Crippen LogP contribution in [0.15, 0.2) is 47.5 Å². The maximum atomic E-state index is 6.33. The van der Waals surface area contributed by atoms with E-state index in [1.54, 1.807) is 0 Å². The molecule has 0 amide bonds. The van der Waals surface area contributed by atoms with Gasteiger partial charge in [0.25, 0.3) is 0 Å². The van der Waals surface area contributed by atoms with Crippen LogP contribution in [0, 0.1) is 11.8 Å². The highest BCUT2D eigenvalue weighted by atomic mass is 35.5. The fourth-order valence-electron chi connectivity index (χ4n) is 5.13. The first-order valence-corrected chi connectivity index (χ1v) is 9.88. The highest BCUT2D eigenvalue weighted by Crippen LogP contribution is 2.58. The zero-order valence-electron chi connectivity index (χ0n) is 14.7. The Labute approximate surface area is 160 Å². The zero-order valence-corrected chi connectivity index (χ0v) is 16.2. The van der Waals surface area contributed by atoms with Crippen molar-refractivity contribution >= 4 is 35.1 Å². The van der Waals surface area contributed by atoms with Crippen molar-refractivity contribution in [2.24, 2.45) is 16.8 Å². The molecule has 1 heterocycles. The molecular formula is C22H23Cl2N. The molecule has 0 N–H and O–H groups in total. The summed E-state index contributed by atoms with van der Waals surface area (Å²) in [5.41, 5.74) is 3.64. The minimum atomic E-state index is -0.0585. The van der Waals surface area contributed by atoms with Crippen LogP contribution in [0.25, 0.3) is 0 Å². The number of nitrogens with zero attached hydrogens (tertiary/aromatic N) is 1. The van der Waals surface area contributed by atoms with Gasteiger partial charge in [-0.3, -0.25) is 4.99 Å². The third kappa shape index (κ3) is 2.73. The van der Waals surface area contributed by atoms with Crippen LogP contribution in [-0.2, 0) is 5.41 Å². The predicted octanol–water partition coefficient (Wildman–Crippen LogP) is 7.19. The molecule has 3 heteroatoms. The van der Waals surface area contributed by atoms with E-state index in [0.717, 1.165) is 22.2 Å². The van der Waals surface area contributed by atoms with E-state index < -0.39 is 0 Å². The lowest BCUT2D eigenvalue weighted by Crippen LogP contribution is -2.46. The average Bonchev–Trinajstić information content (AvgIpc) is 2.93. The lowest BCUT2D eigenvalue weighted by atomic mass is 9.54. The molecule has 1 aliphatic carbocycles. The van der Waals surface area contributed by atoms with Crippen LogP contribution in [0.1, 0.15) is 50.2 Å². The summed E-state index contributed by atoms with van der Waals surface area (Å²) in [6.45, 7) is 4.68. The van der Waals surface area contributed by atoms with Crippen LogP contribution in [0.2, 0.25) is 10.0 Å². The monoisotopic (exact) mass is 371 g/mol. The number of rotatable bonds is 2. The number of benzene rings is 2. The van der Waals surface area contributed by atoms with Gasteiger partial charge in [0, 0.05) is 21.7 Å². The first-order chi connectivity index (χ1) is 12.0. The van der Waals surface area contributed by atoms with Crippen LogP contribution >= 0.6 is 23.2 Å². The van der Waals surface area contributed by atoms with Gasteiger partial charge in [-0.15, -0.1) is 0 Å². The van der Waals surface area contributed by atoms with Gasteiger partial charge in [-0.2, -0.15) is 0 Å². The summed E-state index contributed by atoms with van der Waals surface area (Å²) < 4.78 is 0. The van der Waals surface area contributed by atoms with E-state index in [2.05, 4.69) is 44.3 Å². The molecule has 0 aromatic heterocycles. The number of hydrogen-bond donors (Lipinski definition) is 0. The largest absolute Gasteiger partial charge is 0.260 e. The Kier molecular flexibility index (Phi) is 4.42. The van der Waals surface area contributed by atoms with Crippen LogP contribution in [-0.4, -0.2) is 6.21 Å². The summed E-state index contributed by atoms with van der Waals surface area (Å²) in [6.07, 6.45) is 5.88. The maximum Gasteiger partial charge on any atom is 0.0682 e. The van der Waals surface area contributed by atoms with E-state index in [0.29, 0.717) is 17.8 Å². The van der Waals surface area contributed by atoms with Crippen molar-refractivity contribution in [3.05, 3.63) is 63.6 Å². The Bertz CT molecular complexity index is 827. The van der Waals surface area contributed by atoms with Crippen molar-refractivity contribution in [3.8, 4) is 0 Å². The van der Waals surface area contributed by atoms with Gasteiger partial charge in [0.1, 0.15) is 0 Å². The lowest BCUT2D eigenvalue weighted by molar-refractivity contribution is 0.173. The standard InChI is InChI=1S/C22H23Cl2N/c1-14(2)18-7-4-8-19(15-5-3-6-16(23)11-15)22(18)13-25-21-12-17(24)9-10-20(21)22/h3,5-6,9-14,18-19H,4,7-8H2,1-2H3. The van der Waals surface area contributed by atoms with Gasteiger partial charge in [0.05, 0.1) is 5.69 Å². The van der Waals surface area contributed by atoms with E-state index >= 15 is 0 Å². The van der Waals surface area contributed by atoms with Gasteiger partial charge in [0.2, 0.25) is 0 Å². The number of aliphatic imine (C=N–C) groups is 1. The second-order valence-electron chi connectivity index (χ2n) is 7.74. The molecule has 0 bridgehead atoms. The third-order valence-corrected chi connectivity index (χ3v) is 6.57. The topological polar surface area (TPSA) is 12.4 Å². The molecule has 2 aromatic carbocycles.